The fraction of sp³-hybridized carbons (Fsp3) is 0.182. The van der Waals surface area contributed by atoms with Crippen LogP contribution >= 0.6 is 0 Å². The number of pyridine rings is 1. The molecule has 0 saturated heterocycles. The Morgan fingerprint density at radius 1 is 1.03 bits per heavy atom. The number of rotatable bonds is 7. The van der Waals surface area contributed by atoms with Gasteiger partial charge in [0.1, 0.15) is 6.61 Å². The summed E-state index contributed by atoms with van der Waals surface area (Å²) in [5.74, 6) is 0.380. The van der Waals surface area contributed by atoms with E-state index in [1.54, 1.807) is 42.6 Å². The molecule has 0 spiro atoms. The van der Waals surface area contributed by atoms with Gasteiger partial charge in [0, 0.05) is 18.0 Å². The van der Waals surface area contributed by atoms with E-state index in [1.165, 1.54) is 6.26 Å². The van der Waals surface area contributed by atoms with Crippen LogP contribution in [0.1, 0.15) is 27.0 Å². The van der Waals surface area contributed by atoms with Gasteiger partial charge in [0.25, 0.3) is 5.91 Å². The molecule has 1 heterocycles. The summed E-state index contributed by atoms with van der Waals surface area (Å²) in [6.07, 6.45) is 2.75. The van der Waals surface area contributed by atoms with Crippen LogP contribution < -0.4 is 10.1 Å². The average molecular weight is 410 g/mol. The third-order valence-corrected chi connectivity index (χ3v) is 5.15. The Kier molecular flexibility index (Phi) is 6.29. The SMILES string of the molecule is Cc1ccccc1COc1cccnc1NC(=O)c1ccc(CS(C)(=O)=O)cc1. The van der Waals surface area contributed by atoms with Crippen LogP contribution in [-0.4, -0.2) is 25.6 Å². The molecule has 0 aliphatic carbocycles. The minimum absolute atomic E-state index is 0.0635. The lowest BCUT2D eigenvalue weighted by Gasteiger charge is -2.12. The van der Waals surface area contributed by atoms with Crippen molar-refractivity contribution in [2.75, 3.05) is 11.6 Å². The number of carbonyl (C=O) groups is 1. The van der Waals surface area contributed by atoms with Gasteiger partial charge in [-0.15, -0.1) is 0 Å². The van der Waals surface area contributed by atoms with E-state index in [9.17, 15) is 13.2 Å². The van der Waals surface area contributed by atoms with Crippen molar-refractivity contribution < 1.29 is 17.9 Å². The maximum absolute atomic E-state index is 12.6. The number of amides is 1. The van der Waals surface area contributed by atoms with Crippen LogP contribution in [0.3, 0.4) is 0 Å². The summed E-state index contributed by atoms with van der Waals surface area (Å²) in [5.41, 5.74) is 3.20. The number of nitrogens with zero attached hydrogens (tertiary/aromatic N) is 1. The lowest BCUT2D eigenvalue weighted by molar-refractivity contribution is 0.102. The Labute approximate surface area is 170 Å². The number of carbonyl (C=O) groups excluding carboxylic acids is 1. The Hall–Kier alpha value is -3.19. The van der Waals surface area contributed by atoms with Gasteiger partial charge < -0.3 is 10.1 Å². The molecule has 29 heavy (non-hydrogen) atoms. The van der Waals surface area contributed by atoms with Crippen LogP contribution in [0.4, 0.5) is 5.82 Å². The van der Waals surface area contributed by atoms with E-state index in [4.69, 9.17) is 4.74 Å². The van der Waals surface area contributed by atoms with Crippen molar-refractivity contribution in [1.29, 1.82) is 0 Å². The summed E-state index contributed by atoms with van der Waals surface area (Å²) in [7, 11) is -3.12. The highest BCUT2D eigenvalue weighted by molar-refractivity contribution is 7.89. The van der Waals surface area contributed by atoms with Gasteiger partial charge in [-0.1, -0.05) is 36.4 Å². The van der Waals surface area contributed by atoms with Gasteiger partial charge in [-0.3, -0.25) is 4.79 Å². The van der Waals surface area contributed by atoms with Gasteiger partial charge >= 0.3 is 0 Å². The van der Waals surface area contributed by atoms with Gasteiger partial charge in [0.2, 0.25) is 0 Å². The molecule has 2 aromatic carbocycles. The Morgan fingerprint density at radius 2 is 1.76 bits per heavy atom. The van der Waals surface area contributed by atoms with Gasteiger partial charge in [-0.2, -0.15) is 0 Å². The number of nitrogens with one attached hydrogen (secondary N) is 1. The zero-order valence-corrected chi connectivity index (χ0v) is 17.1. The van der Waals surface area contributed by atoms with E-state index in [0.717, 1.165) is 11.1 Å². The van der Waals surface area contributed by atoms with Crippen LogP contribution in [-0.2, 0) is 22.2 Å². The molecule has 0 aliphatic rings. The topological polar surface area (TPSA) is 85.4 Å². The van der Waals surface area contributed by atoms with Crippen molar-refractivity contribution >= 4 is 21.6 Å². The first-order valence-electron chi connectivity index (χ1n) is 9.02. The normalized spacial score (nSPS) is 11.1. The fourth-order valence-electron chi connectivity index (χ4n) is 2.76. The predicted molar refractivity (Wildman–Crippen MR) is 113 cm³/mol. The smallest absolute Gasteiger partial charge is 0.256 e. The molecule has 6 nitrogen and oxygen atoms in total. The molecule has 0 saturated carbocycles. The molecule has 7 heteroatoms. The van der Waals surface area contributed by atoms with Crippen molar-refractivity contribution in [3.8, 4) is 5.75 Å². The van der Waals surface area contributed by atoms with E-state index in [0.29, 0.717) is 29.3 Å². The number of hydrogen-bond donors (Lipinski definition) is 1. The summed E-state index contributed by atoms with van der Waals surface area (Å²) in [5, 5.41) is 2.75. The van der Waals surface area contributed by atoms with Gasteiger partial charge in [-0.05, 0) is 47.9 Å². The molecule has 0 atom stereocenters. The summed E-state index contributed by atoms with van der Waals surface area (Å²) in [4.78, 5) is 16.8. The highest BCUT2D eigenvalue weighted by Gasteiger charge is 2.12. The fourth-order valence-corrected chi connectivity index (χ4v) is 3.56. The van der Waals surface area contributed by atoms with Gasteiger partial charge in [0.15, 0.2) is 21.4 Å². The number of aryl methyl sites for hydroxylation is 1. The number of aromatic nitrogens is 1. The summed E-state index contributed by atoms with van der Waals surface area (Å²) in [6.45, 7) is 2.37. The Morgan fingerprint density at radius 3 is 2.45 bits per heavy atom. The zero-order valence-electron chi connectivity index (χ0n) is 16.3. The Balaban J connectivity index is 1.70. The number of sulfone groups is 1. The number of anilines is 1. The quantitative estimate of drug-likeness (QED) is 0.641. The van der Waals surface area contributed by atoms with Crippen LogP contribution in [0.5, 0.6) is 5.75 Å². The van der Waals surface area contributed by atoms with E-state index in [1.807, 2.05) is 31.2 Å². The molecule has 0 aliphatic heterocycles. The van der Waals surface area contributed by atoms with E-state index in [2.05, 4.69) is 10.3 Å². The molecule has 1 N–H and O–H groups in total. The van der Waals surface area contributed by atoms with Crippen LogP contribution in [0.2, 0.25) is 0 Å². The largest absolute Gasteiger partial charge is 0.485 e. The summed E-state index contributed by atoms with van der Waals surface area (Å²) >= 11 is 0. The molecule has 0 unspecified atom stereocenters. The second kappa shape index (κ2) is 8.87. The molecule has 3 aromatic rings. The van der Waals surface area contributed by atoms with Crippen molar-refractivity contribution in [2.24, 2.45) is 0 Å². The minimum atomic E-state index is -3.12. The molecular formula is C22H22N2O4S. The van der Waals surface area contributed by atoms with E-state index >= 15 is 0 Å². The maximum atomic E-state index is 12.6. The Bertz CT molecular complexity index is 1110. The molecule has 0 fully saturated rings. The number of ether oxygens (including phenoxy) is 1. The lowest BCUT2D eigenvalue weighted by atomic mass is 10.1. The highest BCUT2D eigenvalue weighted by Crippen LogP contribution is 2.23. The first kappa shape index (κ1) is 20.5. The van der Waals surface area contributed by atoms with Crippen molar-refractivity contribution in [2.45, 2.75) is 19.3 Å². The third-order valence-electron chi connectivity index (χ3n) is 4.29. The van der Waals surface area contributed by atoms with Crippen LogP contribution in [0.25, 0.3) is 0 Å². The van der Waals surface area contributed by atoms with Gasteiger partial charge in [-0.25, -0.2) is 13.4 Å². The molecular weight excluding hydrogens is 388 g/mol. The average Bonchev–Trinajstić information content (AvgIpc) is 2.67. The third kappa shape index (κ3) is 5.89. The summed E-state index contributed by atoms with van der Waals surface area (Å²) in [6, 6.07) is 17.8. The summed E-state index contributed by atoms with van der Waals surface area (Å²) < 4.78 is 28.6. The molecule has 3 rings (SSSR count). The number of benzene rings is 2. The van der Waals surface area contributed by atoms with Crippen molar-refractivity contribution in [3.63, 3.8) is 0 Å². The second-order valence-electron chi connectivity index (χ2n) is 6.79. The molecule has 1 aromatic heterocycles. The first-order valence-corrected chi connectivity index (χ1v) is 11.1. The van der Waals surface area contributed by atoms with Crippen LogP contribution in [0.15, 0.2) is 66.9 Å². The highest BCUT2D eigenvalue weighted by atomic mass is 32.2. The first-order chi connectivity index (χ1) is 13.8. The zero-order chi connectivity index (χ0) is 20.9. The monoisotopic (exact) mass is 410 g/mol. The lowest BCUT2D eigenvalue weighted by Crippen LogP contribution is -2.14. The maximum Gasteiger partial charge on any atom is 0.256 e. The number of hydrogen-bond acceptors (Lipinski definition) is 5. The van der Waals surface area contributed by atoms with Crippen molar-refractivity contribution in [1.82, 2.24) is 4.98 Å². The van der Waals surface area contributed by atoms with Crippen LogP contribution in [0, 0.1) is 6.92 Å². The van der Waals surface area contributed by atoms with Gasteiger partial charge in [0.05, 0.1) is 5.75 Å². The van der Waals surface area contributed by atoms with Crippen molar-refractivity contribution in [3.05, 3.63) is 89.1 Å². The van der Waals surface area contributed by atoms with E-state index in [-0.39, 0.29) is 11.7 Å². The minimum Gasteiger partial charge on any atom is -0.485 e. The predicted octanol–water partition coefficient (Wildman–Crippen LogP) is 3.77. The molecule has 0 radical (unpaired) electrons. The molecule has 1 amide bonds. The van der Waals surface area contributed by atoms with E-state index < -0.39 is 9.84 Å². The second-order valence-corrected chi connectivity index (χ2v) is 8.93. The molecule has 150 valence electrons. The molecule has 0 bridgehead atoms. The standard InChI is InChI=1S/C22H22N2O4S/c1-16-6-3-4-7-19(16)14-28-20-8-5-13-23-21(20)24-22(25)18-11-9-17(10-12-18)15-29(2,26)27/h3-13H,14-15H2,1-2H3,(H,23,24,25).